The number of carbonyl (C=O) groups is 2. The molecule has 0 atom stereocenters. The summed E-state index contributed by atoms with van der Waals surface area (Å²) in [6.07, 6.45) is 0. The molecular formula is C18H15NO4. The molecule has 3 rings (SSSR count). The third kappa shape index (κ3) is 2.50. The molecule has 0 N–H and O–H groups in total. The van der Waals surface area contributed by atoms with Crippen LogP contribution in [0, 0.1) is 0 Å². The number of aromatic nitrogens is 1. The predicted octanol–water partition coefficient (Wildman–Crippen LogP) is 2.82. The summed E-state index contributed by atoms with van der Waals surface area (Å²) in [7, 11) is 2.48. The lowest BCUT2D eigenvalue weighted by molar-refractivity contribution is -0.154. The molecule has 0 amide bonds. The number of benzene rings is 2. The molecule has 23 heavy (non-hydrogen) atoms. The number of fused-ring (bicyclic) bond motifs is 3. The standard InChI is InChI=1S/C18H15NO4/c1-22-17(20)15(18(21)23-2)16-13-9-4-3-7-11(13)12-8-5-6-10-14(12)19-16/h3-10,15H,1-2H3. The second-order valence-corrected chi connectivity index (χ2v) is 5.04. The van der Waals surface area contributed by atoms with Crippen LogP contribution in [0.3, 0.4) is 0 Å². The molecule has 0 fully saturated rings. The summed E-state index contributed by atoms with van der Waals surface area (Å²) in [6, 6.07) is 15.1. The maximum Gasteiger partial charge on any atom is 0.326 e. The maximum absolute atomic E-state index is 12.1. The Morgan fingerprint density at radius 3 is 1.96 bits per heavy atom. The molecule has 0 spiro atoms. The molecule has 3 aromatic rings. The summed E-state index contributed by atoms with van der Waals surface area (Å²) in [5.41, 5.74) is 1.05. The van der Waals surface area contributed by atoms with Gasteiger partial charge in [0, 0.05) is 10.8 Å². The van der Waals surface area contributed by atoms with Crippen molar-refractivity contribution in [2.45, 2.75) is 5.92 Å². The average Bonchev–Trinajstić information content (AvgIpc) is 2.61. The molecule has 5 nitrogen and oxygen atoms in total. The molecule has 5 heteroatoms. The van der Waals surface area contributed by atoms with E-state index in [0.717, 1.165) is 16.2 Å². The van der Waals surface area contributed by atoms with E-state index in [4.69, 9.17) is 9.47 Å². The van der Waals surface area contributed by atoms with Crippen LogP contribution in [-0.2, 0) is 19.1 Å². The van der Waals surface area contributed by atoms with Gasteiger partial charge in [0.2, 0.25) is 0 Å². The van der Waals surface area contributed by atoms with E-state index in [1.165, 1.54) is 14.2 Å². The highest BCUT2D eigenvalue weighted by Gasteiger charge is 2.33. The van der Waals surface area contributed by atoms with Crippen LogP contribution in [0.15, 0.2) is 48.5 Å². The molecule has 0 saturated heterocycles. The van der Waals surface area contributed by atoms with Crippen molar-refractivity contribution in [3.8, 4) is 0 Å². The molecule has 1 aromatic heterocycles. The zero-order valence-electron chi connectivity index (χ0n) is 12.8. The van der Waals surface area contributed by atoms with E-state index >= 15 is 0 Å². The van der Waals surface area contributed by atoms with E-state index in [0.29, 0.717) is 11.2 Å². The van der Waals surface area contributed by atoms with E-state index in [1.54, 1.807) is 0 Å². The van der Waals surface area contributed by atoms with Crippen LogP contribution in [0.5, 0.6) is 0 Å². The molecule has 0 aliphatic rings. The molecule has 0 aliphatic carbocycles. The van der Waals surface area contributed by atoms with Gasteiger partial charge in [-0.3, -0.25) is 14.6 Å². The molecule has 116 valence electrons. The van der Waals surface area contributed by atoms with Crippen LogP contribution in [0.1, 0.15) is 11.6 Å². The van der Waals surface area contributed by atoms with Crippen molar-refractivity contribution in [1.29, 1.82) is 0 Å². The fourth-order valence-corrected chi connectivity index (χ4v) is 2.71. The first kappa shape index (κ1) is 15.0. The Morgan fingerprint density at radius 1 is 0.826 bits per heavy atom. The molecule has 0 saturated carbocycles. The van der Waals surface area contributed by atoms with Gasteiger partial charge in [-0.2, -0.15) is 0 Å². The van der Waals surface area contributed by atoms with Crippen molar-refractivity contribution in [1.82, 2.24) is 4.98 Å². The Balaban J connectivity index is 2.37. The first-order valence-electron chi connectivity index (χ1n) is 7.10. The van der Waals surface area contributed by atoms with Crippen LogP contribution in [-0.4, -0.2) is 31.1 Å². The third-order valence-corrected chi connectivity index (χ3v) is 3.79. The zero-order chi connectivity index (χ0) is 16.4. The number of hydrogen-bond donors (Lipinski definition) is 0. The van der Waals surface area contributed by atoms with Gasteiger partial charge in [-0.1, -0.05) is 42.5 Å². The number of methoxy groups -OCH3 is 2. The van der Waals surface area contributed by atoms with E-state index < -0.39 is 17.9 Å². The Labute approximate surface area is 132 Å². The lowest BCUT2D eigenvalue weighted by atomic mass is 9.96. The lowest BCUT2D eigenvalue weighted by Crippen LogP contribution is -2.25. The number of nitrogens with zero attached hydrogens (tertiary/aromatic N) is 1. The minimum Gasteiger partial charge on any atom is -0.468 e. The monoisotopic (exact) mass is 309 g/mol. The number of esters is 2. The first-order valence-corrected chi connectivity index (χ1v) is 7.10. The molecule has 0 bridgehead atoms. The second kappa shape index (κ2) is 6.04. The zero-order valence-corrected chi connectivity index (χ0v) is 12.8. The lowest BCUT2D eigenvalue weighted by Gasteiger charge is -2.15. The van der Waals surface area contributed by atoms with E-state index in [2.05, 4.69) is 4.98 Å². The third-order valence-electron chi connectivity index (χ3n) is 3.79. The van der Waals surface area contributed by atoms with Gasteiger partial charge in [-0.05, 0) is 11.5 Å². The molecular weight excluding hydrogens is 294 g/mol. The quantitative estimate of drug-likeness (QED) is 0.423. The van der Waals surface area contributed by atoms with Gasteiger partial charge < -0.3 is 9.47 Å². The van der Waals surface area contributed by atoms with Crippen molar-refractivity contribution < 1.29 is 19.1 Å². The summed E-state index contributed by atoms with van der Waals surface area (Å²) in [5, 5.41) is 2.61. The SMILES string of the molecule is COC(=O)C(C(=O)OC)c1nc2ccccc2c2ccccc12. The summed E-state index contributed by atoms with van der Waals surface area (Å²) in [6.45, 7) is 0. The summed E-state index contributed by atoms with van der Waals surface area (Å²) in [4.78, 5) is 28.8. The van der Waals surface area contributed by atoms with Crippen molar-refractivity contribution in [2.24, 2.45) is 0 Å². The number of pyridine rings is 1. The number of rotatable bonds is 3. The van der Waals surface area contributed by atoms with Crippen LogP contribution in [0.2, 0.25) is 0 Å². The largest absolute Gasteiger partial charge is 0.468 e. The Kier molecular flexibility index (Phi) is 3.93. The molecule has 1 heterocycles. The Morgan fingerprint density at radius 2 is 1.35 bits per heavy atom. The first-order chi connectivity index (χ1) is 11.2. The second-order valence-electron chi connectivity index (χ2n) is 5.04. The fourth-order valence-electron chi connectivity index (χ4n) is 2.71. The average molecular weight is 309 g/mol. The van der Waals surface area contributed by atoms with Crippen molar-refractivity contribution in [3.63, 3.8) is 0 Å². The minimum absolute atomic E-state index is 0.345. The van der Waals surface area contributed by atoms with Crippen molar-refractivity contribution >= 4 is 33.6 Å². The highest BCUT2D eigenvalue weighted by atomic mass is 16.5. The summed E-state index contributed by atoms with van der Waals surface area (Å²) >= 11 is 0. The number of ether oxygens (including phenoxy) is 2. The molecule has 2 aromatic carbocycles. The van der Waals surface area contributed by atoms with Crippen molar-refractivity contribution in [2.75, 3.05) is 14.2 Å². The van der Waals surface area contributed by atoms with Crippen LogP contribution in [0.25, 0.3) is 21.7 Å². The number of carbonyl (C=O) groups excluding carboxylic acids is 2. The topological polar surface area (TPSA) is 65.5 Å². The smallest absolute Gasteiger partial charge is 0.326 e. The minimum atomic E-state index is -1.21. The van der Waals surface area contributed by atoms with Gasteiger partial charge in [0.05, 0.1) is 25.4 Å². The fraction of sp³-hybridized carbons (Fsp3) is 0.167. The Bertz CT molecular complexity index is 888. The highest BCUT2D eigenvalue weighted by Crippen LogP contribution is 2.31. The van der Waals surface area contributed by atoms with Gasteiger partial charge in [0.25, 0.3) is 0 Å². The normalized spacial score (nSPS) is 10.9. The highest BCUT2D eigenvalue weighted by molar-refractivity contribution is 6.11. The Hall–Kier alpha value is -2.95. The number of para-hydroxylation sites is 1. The van der Waals surface area contributed by atoms with Crippen LogP contribution >= 0.6 is 0 Å². The van der Waals surface area contributed by atoms with Gasteiger partial charge in [-0.15, -0.1) is 0 Å². The van der Waals surface area contributed by atoms with Gasteiger partial charge >= 0.3 is 11.9 Å². The van der Waals surface area contributed by atoms with E-state index in [-0.39, 0.29) is 0 Å². The maximum atomic E-state index is 12.1. The van der Waals surface area contributed by atoms with Crippen LogP contribution in [0.4, 0.5) is 0 Å². The summed E-state index contributed by atoms with van der Waals surface area (Å²) < 4.78 is 9.54. The van der Waals surface area contributed by atoms with Gasteiger partial charge in [0.1, 0.15) is 0 Å². The molecule has 0 aliphatic heterocycles. The molecule has 0 radical (unpaired) electrons. The number of hydrogen-bond acceptors (Lipinski definition) is 5. The van der Waals surface area contributed by atoms with Gasteiger partial charge in [-0.25, -0.2) is 0 Å². The van der Waals surface area contributed by atoms with E-state index in [1.807, 2.05) is 48.5 Å². The molecule has 0 unspecified atom stereocenters. The van der Waals surface area contributed by atoms with E-state index in [9.17, 15) is 9.59 Å². The van der Waals surface area contributed by atoms with Crippen LogP contribution < -0.4 is 0 Å². The van der Waals surface area contributed by atoms with Crippen molar-refractivity contribution in [3.05, 3.63) is 54.2 Å². The predicted molar refractivity (Wildman–Crippen MR) is 86.0 cm³/mol. The van der Waals surface area contributed by atoms with Gasteiger partial charge in [0.15, 0.2) is 5.92 Å². The summed E-state index contributed by atoms with van der Waals surface area (Å²) in [5.74, 6) is -2.59.